The van der Waals surface area contributed by atoms with Crippen molar-refractivity contribution < 1.29 is 18.3 Å². The van der Waals surface area contributed by atoms with Crippen LogP contribution in [0.5, 0.6) is 5.88 Å². The number of rotatable bonds is 3. The minimum absolute atomic E-state index is 0.176. The van der Waals surface area contributed by atoms with Gasteiger partial charge in [-0.3, -0.25) is 4.79 Å². The van der Waals surface area contributed by atoms with Crippen molar-refractivity contribution in [1.82, 2.24) is 4.98 Å². The summed E-state index contributed by atoms with van der Waals surface area (Å²) in [6.45, 7) is 0. The Balaban J connectivity index is 3.37. The third kappa shape index (κ3) is 2.12. The predicted molar refractivity (Wildman–Crippen MR) is 48.7 cm³/mol. The van der Waals surface area contributed by atoms with Gasteiger partial charge < -0.3 is 16.2 Å². The van der Waals surface area contributed by atoms with E-state index in [1.165, 1.54) is 7.11 Å². The highest BCUT2D eigenvalue weighted by Crippen LogP contribution is 2.27. The summed E-state index contributed by atoms with van der Waals surface area (Å²) in [5, 5.41) is 0. The summed E-state index contributed by atoms with van der Waals surface area (Å²) in [5.41, 5.74) is 9.44. The fraction of sp³-hybridized carbons (Fsp3) is 0.250. The van der Waals surface area contributed by atoms with Gasteiger partial charge in [0.15, 0.2) is 0 Å². The summed E-state index contributed by atoms with van der Waals surface area (Å²) in [4.78, 5) is 14.3. The number of anilines is 1. The number of nitrogens with zero attached hydrogens (tertiary/aromatic N) is 1. The Morgan fingerprint density at radius 1 is 1.60 bits per heavy atom. The molecule has 0 saturated carbocycles. The Morgan fingerprint density at radius 3 is 2.60 bits per heavy atom. The summed E-state index contributed by atoms with van der Waals surface area (Å²) in [6, 6.07) is 0.896. The van der Waals surface area contributed by atoms with Crippen molar-refractivity contribution in [3.63, 3.8) is 0 Å². The number of amides is 1. The minimum Gasteiger partial charge on any atom is -0.480 e. The average Bonchev–Trinajstić information content (AvgIpc) is 2.15. The number of methoxy groups -OCH3 is 1. The van der Waals surface area contributed by atoms with Crippen molar-refractivity contribution in [2.75, 3.05) is 12.8 Å². The van der Waals surface area contributed by atoms with Crippen molar-refractivity contribution in [2.45, 2.75) is 6.43 Å². The van der Waals surface area contributed by atoms with Gasteiger partial charge in [0.05, 0.1) is 12.8 Å². The lowest BCUT2D eigenvalue weighted by Crippen LogP contribution is -2.16. The first-order valence-electron chi connectivity index (χ1n) is 3.89. The molecule has 1 amide bonds. The number of primary amides is 1. The second kappa shape index (κ2) is 4.07. The summed E-state index contributed by atoms with van der Waals surface area (Å²) < 4.78 is 29.3. The van der Waals surface area contributed by atoms with Gasteiger partial charge in [0, 0.05) is 0 Å². The average molecular weight is 217 g/mol. The number of ether oxygens (including phenoxy) is 1. The van der Waals surface area contributed by atoms with Crippen LogP contribution in [0, 0.1) is 0 Å². The molecule has 7 heteroatoms. The first-order valence-corrected chi connectivity index (χ1v) is 3.89. The van der Waals surface area contributed by atoms with E-state index < -0.39 is 18.0 Å². The first-order chi connectivity index (χ1) is 6.97. The van der Waals surface area contributed by atoms with Crippen LogP contribution in [0.15, 0.2) is 6.07 Å². The van der Waals surface area contributed by atoms with E-state index in [9.17, 15) is 13.6 Å². The van der Waals surface area contributed by atoms with Gasteiger partial charge in [-0.15, -0.1) is 0 Å². The van der Waals surface area contributed by atoms with Gasteiger partial charge in [-0.2, -0.15) is 0 Å². The fourth-order valence-electron chi connectivity index (χ4n) is 1.07. The van der Waals surface area contributed by atoms with Gasteiger partial charge in [0.2, 0.25) is 5.88 Å². The molecule has 4 N–H and O–H groups in total. The molecule has 5 nitrogen and oxygen atoms in total. The molecule has 0 aliphatic carbocycles. The van der Waals surface area contributed by atoms with Crippen molar-refractivity contribution >= 4 is 11.6 Å². The highest BCUT2D eigenvalue weighted by molar-refractivity contribution is 6.00. The molecule has 15 heavy (non-hydrogen) atoms. The number of carbonyl (C=O) groups excluding carboxylic acids is 1. The van der Waals surface area contributed by atoms with Crippen molar-refractivity contribution in [3.05, 3.63) is 17.3 Å². The molecule has 0 saturated heterocycles. The van der Waals surface area contributed by atoms with Gasteiger partial charge in [-0.1, -0.05) is 0 Å². The van der Waals surface area contributed by atoms with E-state index in [4.69, 9.17) is 11.5 Å². The zero-order valence-corrected chi connectivity index (χ0v) is 7.83. The lowest BCUT2D eigenvalue weighted by molar-refractivity contribution is 0.0996. The standard InChI is InChI=1S/C8H9F2N3O2/c1-15-8-5(7(12)14)3(11)2-4(13-8)6(9)10/h2,6H,1H3,(H2,11,13)(H2,12,14). The zero-order valence-electron chi connectivity index (χ0n) is 7.83. The van der Waals surface area contributed by atoms with E-state index in [1.807, 2.05) is 0 Å². The van der Waals surface area contributed by atoms with Gasteiger partial charge >= 0.3 is 0 Å². The highest BCUT2D eigenvalue weighted by atomic mass is 19.3. The molecule has 0 atom stereocenters. The number of hydrogen-bond donors (Lipinski definition) is 2. The molecule has 0 radical (unpaired) electrons. The van der Waals surface area contributed by atoms with Gasteiger partial charge in [0.25, 0.3) is 12.3 Å². The smallest absolute Gasteiger partial charge is 0.280 e. The van der Waals surface area contributed by atoms with E-state index >= 15 is 0 Å². The molecular formula is C8H9F2N3O2. The number of nitrogens with two attached hydrogens (primary N) is 2. The molecule has 1 rings (SSSR count). The lowest BCUT2D eigenvalue weighted by Gasteiger charge is -2.09. The van der Waals surface area contributed by atoms with E-state index in [1.54, 1.807) is 0 Å². The topological polar surface area (TPSA) is 91.2 Å². The third-order valence-corrected chi connectivity index (χ3v) is 1.70. The molecular weight excluding hydrogens is 208 g/mol. The molecule has 0 aliphatic heterocycles. The van der Waals surface area contributed by atoms with Crippen molar-refractivity contribution in [2.24, 2.45) is 5.73 Å². The van der Waals surface area contributed by atoms with Crippen LogP contribution in [-0.4, -0.2) is 18.0 Å². The third-order valence-electron chi connectivity index (χ3n) is 1.70. The molecule has 1 heterocycles. The number of halogens is 2. The van der Waals surface area contributed by atoms with Crippen LogP contribution in [-0.2, 0) is 0 Å². The SMILES string of the molecule is COc1nc(C(F)F)cc(N)c1C(N)=O. The molecule has 82 valence electrons. The second-order valence-corrected chi connectivity index (χ2v) is 2.69. The maximum Gasteiger partial charge on any atom is 0.280 e. The normalized spacial score (nSPS) is 10.4. The van der Waals surface area contributed by atoms with E-state index in [2.05, 4.69) is 9.72 Å². The van der Waals surface area contributed by atoms with Crippen molar-refractivity contribution in [1.29, 1.82) is 0 Å². The van der Waals surface area contributed by atoms with Crippen LogP contribution in [0.2, 0.25) is 0 Å². The lowest BCUT2D eigenvalue weighted by atomic mass is 10.2. The summed E-state index contributed by atoms with van der Waals surface area (Å²) in [7, 11) is 1.18. The van der Waals surface area contributed by atoms with E-state index in [0.29, 0.717) is 0 Å². The number of aromatic nitrogens is 1. The van der Waals surface area contributed by atoms with Crippen LogP contribution in [0.25, 0.3) is 0 Å². The maximum absolute atomic E-state index is 12.3. The van der Waals surface area contributed by atoms with E-state index in [-0.39, 0.29) is 17.1 Å². The largest absolute Gasteiger partial charge is 0.480 e. The molecule has 0 aliphatic rings. The highest BCUT2D eigenvalue weighted by Gasteiger charge is 2.19. The van der Waals surface area contributed by atoms with Gasteiger partial charge in [0.1, 0.15) is 11.3 Å². The Hall–Kier alpha value is -1.92. The van der Waals surface area contributed by atoms with Crippen molar-refractivity contribution in [3.8, 4) is 5.88 Å². The maximum atomic E-state index is 12.3. The number of alkyl halides is 2. The number of hydrogen-bond acceptors (Lipinski definition) is 4. The number of carbonyl (C=O) groups is 1. The number of nitrogen functional groups attached to an aromatic ring is 1. The summed E-state index contributed by atoms with van der Waals surface area (Å²) in [5.74, 6) is -1.17. The molecule has 0 spiro atoms. The fourth-order valence-corrected chi connectivity index (χ4v) is 1.07. The molecule has 0 unspecified atom stereocenters. The van der Waals surface area contributed by atoms with Gasteiger partial charge in [-0.25, -0.2) is 13.8 Å². The Morgan fingerprint density at radius 2 is 2.20 bits per heavy atom. The number of pyridine rings is 1. The minimum atomic E-state index is -2.79. The van der Waals surface area contributed by atoms with Crippen LogP contribution in [0.1, 0.15) is 22.5 Å². The van der Waals surface area contributed by atoms with Crippen LogP contribution in [0.4, 0.5) is 14.5 Å². The zero-order chi connectivity index (χ0) is 11.6. The summed E-state index contributed by atoms with van der Waals surface area (Å²) >= 11 is 0. The van der Waals surface area contributed by atoms with Crippen LogP contribution < -0.4 is 16.2 Å². The molecule has 0 fully saturated rings. The Bertz CT molecular complexity index is 396. The monoisotopic (exact) mass is 217 g/mol. The Kier molecular flexibility index (Phi) is 3.03. The first kappa shape index (κ1) is 11.2. The second-order valence-electron chi connectivity index (χ2n) is 2.69. The molecule has 0 bridgehead atoms. The van der Waals surface area contributed by atoms with Gasteiger partial charge in [-0.05, 0) is 6.07 Å². The Labute approximate surface area is 84.0 Å². The molecule has 1 aromatic heterocycles. The van der Waals surface area contributed by atoms with Crippen LogP contribution in [0.3, 0.4) is 0 Å². The summed E-state index contributed by atoms with van der Waals surface area (Å²) in [6.07, 6.45) is -2.79. The molecule has 0 aromatic carbocycles. The predicted octanol–water partition coefficient (Wildman–Crippen LogP) is 0.709. The molecule has 1 aromatic rings. The quantitative estimate of drug-likeness (QED) is 0.779. The van der Waals surface area contributed by atoms with E-state index in [0.717, 1.165) is 6.07 Å². The van der Waals surface area contributed by atoms with Crippen LogP contribution >= 0.6 is 0 Å².